The summed E-state index contributed by atoms with van der Waals surface area (Å²) in [7, 11) is -3.40. The first-order chi connectivity index (χ1) is 11.5. The van der Waals surface area contributed by atoms with Gasteiger partial charge in [0, 0.05) is 26.1 Å². The Hall–Kier alpha value is -1.67. The molecule has 3 rings (SSSR count). The smallest absolute Gasteiger partial charge is 0.274 e. The van der Waals surface area contributed by atoms with Gasteiger partial charge in [-0.15, -0.1) is 0 Å². The number of nitrogens with zero attached hydrogens (tertiary/aromatic N) is 3. The third kappa shape index (κ3) is 3.54. The van der Waals surface area contributed by atoms with Gasteiger partial charge in [-0.05, 0) is 18.9 Å². The molecular weight excluding hydrogens is 328 g/mol. The number of sulfonamides is 1. The minimum Gasteiger partial charge on any atom is -0.335 e. The maximum absolute atomic E-state index is 12.6. The fraction of sp³-hybridized carbons (Fsp3) is 0.625. The summed E-state index contributed by atoms with van der Waals surface area (Å²) < 4.78 is 26.9. The normalized spacial score (nSPS) is 20.2. The fourth-order valence-electron chi connectivity index (χ4n) is 3.28. The molecule has 132 valence electrons. The molecule has 8 heteroatoms. The number of anilines is 1. The number of hydrogen-bond acceptors (Lipinski definition) is 4. The molecule has 1 N–H and O–H groups in total. The van der Waals surface area contributed by atoms with Crippen molar-refractivity contribution in [3.8, 4) is 0 Å². The molecular formula is C16H25N4O3S+. The molecule has 1 amide bonds. The van der Waals surface area contributed by atoms with Gasteiger partial charge in [0.25, 0.3) is 5.82 Å². The molecule has 0 radical (unpaired) electrons. The largest absolute Gasteiger partial charge is 0.335 e. The number of aromatic nitrogens is 1. The molecule has 0 atom stereocenters. The maximum atomic E-state index is 12.6. The van der Waals surface area contributed by atoms with E-state index in [1.807, 2.05) is 11.0 Å². The minimum atomic E-state index is -3.40. The molecule has 0 aliphatic carbocycles. The summed E-state index contributed by atoms with van der Waals surface area (Å²) in [6.45, 7) is 5.67. The number of H-pyrrole nitrogens is 1. The standard InChI is InChI=1S/C16H24N4O3S/c1-14(21)18-9-11-19(12-10-18)16-6-5-15(13-17-16)24(22,23)20-7-3-2-4-8-20/h5-6,13H,2-4,7-12H2,1H3/p+1. The highest BCUT2D eigenvalue weighted by atomic mass is 32.2. The molecule has 2 aliphatic rings. The van der Waals surface area contributed by atoms with Crippen molar-refractivity contribution >= 4 is 21.7 Å². The highest BCUT2D eigenvalue weighted by Crippen LogP contribution is 2.20. The van der Waals surface area contributed by atoms with Crippen LogP contribution in [0.4, 0.5) is 5.82 Å². The fourth-order valence-corrected chi connectivity index (χ4v) is 4.76. The Morgan fingerprint density at radius 1 is 1.00 bits per heavy atom. The zero-order chi connectivity index (χ0) is 17.2. The first-order valence-corrected chi connectivity index (χ1v) is 9.95. The quantitative estimate of drug-likeness (QED) is 0.786. The number of amides is 1. The maximum Gasteiger partial charge on any atom is 0.274 e. The van der Waals surface area contributed by atoms with Crippen molar-refractivity contribution in [2.45, 2.75) is 31.1 Å². The molecule has 0 bridgehead atoms. The van der Waals surface area contributed by atoms with Crippen molar-refractivity contribution in [1.29, 1.82) is 0 Å². The predicted molar refractivity (Wildman–Crippen MR) is 90.1 cm³/mol. The van der Waals surface area contributed by atoms with E-state index in [1.165, 1.54) is 0 Å². The van der Waals surface area contributed by atoms with Crippen LogP contribution in [0.3, 0.4) is 0 Å². The molecule has 24 heavy (non-hydrogen) atoms. The van der Waals surface area contributed by atoms with Gasteiger partial charge in [0.15, 0.2) is 0 Å². The third-order valence-corrected chi connectivity index (χ3v) is 6.68. The average molecular weight is 353 g/mol. The molecule has 1 aromatic heterocycles. The lowest BCUT2D eigenvalue weighted by atomic mass is 10.2. The molecule has 2 saturated heterocycles. The lowest BCUT2D eigenvalue weighted by Gasteiger charge is -2.30. The first-order valence-electron chi connectivity index (χ1n) is 8.51. The van der Waals surface area contributed by atoms with Crippen molar-refractivity contribution in [3.05, 3.63) is 18.3 Å². The summed E-state index contributed by atoms with van der Waals surface area (Å²) >= 11 is 0. The van der Waals surface area contributed by atoms with Crippen LogP contribution in [-0.4, -0.2) is 62.8 Å². The van der Waals surface area contributed by atoms with Gasteiger partial charge in [-0.3, -0.25) is 9.69 Å². The van der Waals surface area contributed by atoms with Gasteiger partial charge >= 0.3 is 0 Å². The molecule has 0 saturated carbocycles. The molecule has 0 aromatic carbocycles. The average Bonchev–Trinajstić information content (AvgIpc) is 2.62. The lowest BCUT2D eigenvalue weighted by Crippen LogP contribution is -2.49. The van der Waals surface area contributed by atoms with E-state index in [4.69, 9.17) is 0 Å². The number of carbonyl (C=O) groups excluding carboxylic acids is 1. The van der Waals surface area contributed by atoms with Gasteiger partial charge in [0.05, 0.1) is 13.1 Å². The number of piperidine rings is 1. The summed E-state index contributed by atoms with van der Waals surface area (Å²) in [4.78, 5) is 18.8. The number of aromatic amines is 1. The molecule has 2 aliphatic heterocycles. The number of piperazine rings is 1. The highest BCUT2D eigenvalue weighted by molar-refractivity contribution is 7.89. The number of hydrogen-bond donors (Lipinski definition) is 0. The summed E-state index contributed by atoms with van der Waals surface area (Å²) in [6.07, 6.45) is 4.54. The Balaban J connectivity index is 1.68. The van der Waals surface area contributed by atoms with Crippen LogP contribution in [0.25, 0.3) is 0 Å². The van der Waals surface area contributed by atoms with Crippen molar-refractivity contribution in [3.63, 3.8) is 0 Å². The third-order valence-electron chi connectivity index (χ3n) is 4.79. The second-order valence-corrected chi connectivity index (χ2v) is 8.31. The van der Waals surface area contributed by atoms with Gasteiger partial charge in [0.2, 0.25) is 15.9 Å². The topological polar surface area (TPSA) is 75.1 Å². The van der Waals surface area contributed by atoms with Gasteiger partial charge in [-0.2, -0.15) is 4.31 Å². The number of pyridine rings is 1. The second-order valence-electron chi connectivity index (χ2n) is 6.37. The van der Waals surface area contributed by atoms with Crippen molar-refractivity contribution in [2.24, 2.45) is 0 Å². The van der Waals surface area contributed by atoms with E-state index in [1.54, 1.807) is 23.5 Å². The molecule has 0 unspecified atom stereocenters. The number of rotatable bonds is 3. The van der Waals surface area contributed by atoms with E-state index >= 15 is 0 Å². The number of carbonyl (C=O) groups is 1. The minimum absolute atomic E-state index is 0.0987. The van der Waals surface area contributed by atoms with Crippen molar-refractivity contribution in [2.75, 3.05) is 44.2 Å². The lowest BCUT2D eigenvalue weighted by molar-refractivity contribution is -0.367. The first kappa shape index (κ1) is 17.2. The van der Waals surface area contributed by atoms with Crippen LogP contribution in [-0.2, 0) is 14.8 Å². The van der Waals surface area contributed by atoms with Crippen LogP contribution < -0.4 is 9.88 Å². The van der Waals surface area contributed by atoms with Crippen LogP contribution in [0.5, 0.6) is 0 Å². The monoisotopic (exact) mass is 353 g/mol. The zero-order valence-electron chi connectivity index (χ0n) is 14.1. The Kier molecular flexibility index (Phi) is 5.05. The molecule has 7 nitrogen and oxygen atoms in total. The van der Waals surface area contributed by atoms with Gasteiger partial charge in [0.1, 0.15) is 24.2 Å². The second kappa shape index (κ2) is 7.06. The van der Waals surface area contributed by atoms with Gasteiger partial charge in [-0.1, -0.05) is 6.42 Å². The molecule has 1 aromatic rings. The van der Waals surface area contributed by atoms with E-state index in [9.17, 15) is 13.2 Å². The van der Waals surface area contributed by atoms with Crippen molar-refractivity contribution < 1.29 is 18.2 Å². The zero-order valence-corrected chi connectivity index (χ0v) is 14.9. The van der Waals surface area contributed by atoms with Crippen LogP contribution in [0.1, 0.15) is 26.2 Å². The summed E-state index contributed by atoms with van der Waals surface area (Å²) in [5.41, 5.74) is 0. The van der Waals surface area contributed by atoms with E-state index in [2.05, 4.69) is 9.88 Å². The summed E-state index contributed by atoms with van der Waals surface area (Å²) in [5.74, 6) is 0.984. The van der Waals surface area contributed by atoms with E-state index < -0.39 is 10.0 Å². The van der Waals surface area contributed by atoms with E-state index in [-0.39, 0.29) is 5.91 Å². The number of nitrogens with one attached hydrogen (secondary N) is 1. The van der Waals surface area contributed by atoms with E-state index in [0.717, 1.165) is 38.2 Å². The predicted octanol–water partition coefficient (Wildman–Crippen LogP) is 0.344. The van der Waals surface area contributed by atoms with Gasteiger partial charge in [-0.25, -0.2) is 13.4 Å². The van der Waals surface area contributed by atoms with Crippen LogP contribution in [0.15, 0.2) is 23.2 Å². The summed E-state index contributed by atoms with van der Waals surface area (Å²) in [6, 6.07) is 3.49. The van der Waals surface area contributed by atoms with Crippen molar-refractivity contribution in [1.82, 2.24) is 9.21 Å². The van der Waals surface area contributed by atoms with E-state index in [0.29, 0.717) is 31.1 Å². The Labute approximate surface area is 143 Å². The molecule has 2 fully saturated rings. The van der Waals surface area contributed by atoms with Crippen LogP contribution in [0.2, 0.25) is 0 Å². The highest BCUT2D eigenvalue weighted by Gasteiger charge is 2.28. The molecule has 0 spiro atoms. The van der Waals surface area contributed by atoms with Crippen LogP contribution in [0, 0.1) is 0 Å². The Morgan fingerprint density at radius 2 is 1.67 bits per heavy atom. The molecule has 3 heterocycles. The Bertz CT molecular complexity index is 676. The SMILES string of the molecule is CC(=O)N1CCN(c2ccc(S(=O)(=O)N3CCCCC3)c[nH+]2)CC1. The Morgan fingerprint density at radius 3 is 2.21 bits per heavy atom. The summed E-state index contributed by atoms with van der Waals surface area (Å²) in [5, 5.41) is 0. The van der Waals surface area contributed by atoms with Gasteiger partial charge < -0.3 is 4.90 Å². The van der Waals surface area contributed by atoms with Crippen LogP contribution >= 0.6 is 0 Å².